The van der Waals surface area contributed by atoms with E-state index in [-0.39, 0.29) is 17.5 Å². The minimum Gasteiger partial charge on any atom is -0.321 e. The van der Waals surface area contributed by atoms with Crippen LogP contribution in [0.3, 0.4) is 0 Å². The van der Waals surface area contributed by atoms with E-state index >= 15 is 0 Å². The Morgan fingerprint density at radius 1 is 1.27 bits per heavy atom. The van der Waals surface area contributed by atoms with Gasteiger partial charge in [-0.05, 0) is 42.3 Å². The molecule has 0 fully saturated rings. The number of amides is 2. The Labute approximate surface area is 132 Å². The van der Waals surface area contributed by atoms with Gasteiger partial charge in [-0.2, -0.15) is 0 Å². The minimum absolute atomic E-state index is 0.0265. The van der Waals surface area contributed by atoms with Crippen molar-refractivity contribution in [3.05, 3.63) is 52.8 Å². The van der Waals surface area contributed by atoms with E-state index in [2.05, 4.69) is 10.3 Å². The van der Waals surface area contributed by atoms with Gasteiger partial charge in [-0.15, -0.1) is 0 Å². The zero-order chi connectivity index (χ0) is 15.7. The highest BCUT2D eigenvalue weighted by Crippen LogP contribution is 2.30. The molecule has 0 aliphatic carbocycles. The monoisotopic (exact) mass is 315 g/mol. The van der Waals surface area contributed by atoms with Crippen LogP contribution in [0.15, 0.2) is 36.5 Å². The number of halogens is 1. The predicted octanol–water partition coefficient (Wildman–Crippen LogP) is 2.90. The number of pyridine rings is 1. The molecule has 0 bridgehead atoms. The molecule has 1 aliphatic rings. The molecule has 0 radical (unpaired) electrons. The average molecular weight is 316 g/mol. The molecular weight excluding hydrogens is 302 g/mol. The van der Waals surface area contributed by atoms with Crippen LogP contribution in [0.1, 0.15) is 23.0 Å². The highest BCUT2D eigenvalue weighted by atomic mass is 35.5. The molecule has 0 unspecified atom stereocenters. The number of benzene rings is 1. The van der Waals surface area contributed by atoms with Crippen molar-refractivity contribution in [2.45, 2.75) is 13.3 Å². The van der Waals surface area contributed by atoms with Crippen LogP contribution in [0.4, 0.5) is 11.4 Å². The zero-order valence-electron chi connectivity index (χ0n) is 12.0. The Kier molecular flexibility index (Phi) is 3.81. The SMILES string of the molecule is CC(=O)N1CCc2cc(NC(=O)c3cc(Cl)ccn3)ccc21. The Hall–Kier alpha value is -2.40. The fourth-order valence-corrected chi connectivity index (χ4v) is 2.69. The second kappa shape index (κ2) is 5.77. The molecule has 6 heteroatoms. The normalized spacial score (nSPS) is 12.9. The second-order valence-corrected chi connectivity index (χ2v) is 5.51. The summed E-state index contributed by atoms with van der Waals surface area (Å²) in [6.07, 6.45) is 2.28. The first-order valence-corrected chi connectivity index (χ1v) is 7.26. The zero-order valence-corrected chi connectivity index (χ0v) is 12.7. The maximum atomic E-state index is 12.1. The lowest BCUT2D eigenvalue weighted by Crippen LogP contribution is -2.25. The fourth-order valence-electron chi connectivity index (χ4n) is 2.53. The standard InChI is InChI=1S/C16H14ClN3O2/c1-10(21)20-7-5-11-8-13(2-3-15(11)20)19-16(22)14-9-12(17)4-6-18-14/h2-4,6,8-9H,5,7H2,1H3,(H,19,22). The molecule has 1 aromatic carbocycles. The van der Waals surface area contributed by atoms with Crippen LogP contribution >= 0.6 is 11.6 Å². The van der Waals surface area contributed by atoms with Crippen LogP contribution in [-0.4, -0.2) is 23.3 Å². The van der Waals surface area contributed by atoms with Crippen molar-refractivity contribution < 1.29 is 9.59 Å². The van der Waals surface area contributed by atoms with Crippen LogP contribution in [0, 0.1) is 0 Å². The van der Waals surface area contributed by atoms with E-state index in [1.54, 1.807) is 24.0 Å². The Bertz CT molecular complexity index is 761. The summed E-state index contributed by atoms with van der Waals surface area (Å²) in [5, 5.41) is 3.26. The predicted molar refractivity (Wildman–Crippen MR) is 85.4 cm³/mol. The lowest BCUT2D eigenvalue weighted by molar-refractivity contribution is -0.116. The average Bonchev–Trinajstić information content (AvgIpc) is 2.90. The van der Waals surface area contributed by atoms with E-state index in [4.69, 9.17) is 11.6 Å². The van der Waals surface area contributed by atoms with Crippen LogP contribution in [0.5, 0.6) is 0 Å². The molecule has 1 aliphatic heterocycles. The van der Waals surface area contributed by atoms with Gasteiger partial charge >= 0.3 is 0 Å². The maximum Gasteiger partial charge on any atom is 0.274 e. The number of fused-ring (bicyclic) bond motifs is 1. The topological polar surface area (TPSA) is 62.3 Å². The molecule has 1 aromatic heterocycles. The van der Waals surface area contributed by atoms with Gasteiger partial charge in [0.1, 0.15) is 5.69 Å². The van der Waals surface area contributed by atoms with Crippen LogP contribution in [0.2, 0.25) is 5.02 Å². The molecule has 22 heavy (non-hydrogen) atoms. The van der Waals surface area contributed by atoms with Gasteiger partial charge in [-0.1, -0.05) is 11.6 Å². The van der Waals surface area contributed by atoms with Gasteiger partial charge in [0, 0.05) is 36.1 Å². The second-order valence-electron chi connectivity index (χ2n) is 5.08. The number of nitrogens with zero attached hydrogens (tertiary/aromatic N) is 2. The Morgan fingerprint density at radius 2 is 2.09 bits per heavy atom. The summed E-state index contributed by atoms with van der Waals surface area (Å²) in [5.74, 6) is -0.289. The molecule has 0 saturated heterocycles. The third-order valence-electron chi connectivity index (χ3n) is 3.57. The smallest absolute Gasteiger partial charge is 0.274 e. The van der Waals surface area contributed by atoms with E-state index in [9.17, 15) is 9.59 Å². The summed E-state index contributed by atoms with van der Waals surface area (Å²) in [7, 11) is 0. The van der Waals surface area contributed by atoms with Crippen LogP contribution in [0.25, 0.3) is 0 Å². The molecule has 2 aromatic rings. The van der Waals surface area contributed by atoms with Crippen molar-refractivity contribution in [1.29, 1.82) is 0 Å². The van der Waals surface area contributed by atoms with E-state index in [1.165, 1.54) is 12.3 Å². The highest BCUT2D eigenvalue weighted by molar-refractivity contribution is 6.30. The number of carbonyl (C=O) groups is 2. The summed E-state index contributed by atoms with van der Waals surface area (Å²) in [6.45, 7) is 2.23. The van der Waals surface area contributed by atoms with Crippen molar-refractivity contribution in [3.63, 3.8) is 0 Å². The Morgan fingerprint density at radius 3 is 2.82 bits per heavy atom. The number of aromatic nitrogens is 1. The van der Waals surface area contributed by atoms with Gasteiger partial charge in [0.15, 0.2) is 0 Å². The van der Waals surface area contributed by atoms with Gasteiger partial charge in [0.05, 0.1) is 0 Å². The van der Waals surface area contributed by atoms with Crippen LogP contribution in [-0.2, 0) is 11.2 Å². The first-order valence-electron chi connectivity index (χ1n) is 6.88. The number of rotatable bonds is 2. The molecule has 3 rings (SSSR count). The third kappa shape index (κ3) is 2.80. The molecule has 5 nitrogen and oxygen atoms in total. The minimum atomic E-state index is -0.316. The number of anilines is 2. The number of nitrogens with one attached hydrogen (secondary N) is 1. The number of hydrogen-bond acceptors (Lipinski definition) is 3. The largest absolute Gasteiger partial charge is 0.321 e. The molecular formula is C16H14ClN3O2. The van der Waals surface area contributed by atoms with E-state index in [0.717, 1.165) is 17.7 Å². The van der Waals surface area contributed by atoms with Gasteiger partial charge in [0.2, 0.25) is 5.91 Å². The summed E-state index contributed by atoms with van der Waals surface area (Å²) in [5.41, 5.74) is 2.90. The summed E-state index contributed by atoms with van der Waals surface area (Å²) in [6, 6.07) is 8.65. The van der Waals surface area contributed by atoms with E-state index < -0.39 is 0 Å². The van der Waals surface area contributed by atoms with Crippen LogP contribution < -0.4 is 10.2 Å². The van der Waals surface area contributed by atoms with Crippen molar-refractivity contribution in [2.75, 3.05) is 16.8 Å². The molecule has 0 spiro atoms. The first-order chi connectivity index (χ1) is 10.5. The van der Waals surface area contributed by atoms with Gasteiger partial charge in [-0.25, -0.2) is 0 Å². The summed E-state index contributed by atoms with van der Waals surface area (Å²) in [4.78, 5) is 29.4. The van der Waals surface area contributed by atoms with Crippen molar-refractivity contribution in [1.82, 2.24) is 4.98 Å². The first kappa shape index (κ1) is 14.5. The molecule has 0 saturated carbocycles. The summed E-state index contributed by atoms with van der Waals surface area (Å²) >= 11 is 5.86. The van der Waals surface area contributed by atoms with Crippen molar-refractivity contribution >= 4 is 34.8 Å². The molecule has 112 valence electrons. The number of hydrogen-bond donors (Lipinski definition) is 1. The summed E-state index contributed by atoms with van der Waals surface area (Å²) < 4.78 is 0. The third-order valence-corrected chi connectivity index (χ3v) is 3.80. The molecule has 0 atom stereocenters. The van der Waals surface area contributed by atoms with Gasteiger partial charge < -0.3 is 10.2 Å². The quantitative estimate of drug-likeness (QED) is 0.927. The van der Waals surface area contributed by atoms with Crippen molar-refractivity contribution in [3.8, 4) is 0 Å². The molecule has 1 N–H and O–H groups in total. The number of carbonyl (C=O) groups excluding carboxylic acids is 2. The lowest BCUT2D eigenvalue weighted by atomic mass is 10.1. The molecule has 2 heterocycles. The van der Waals surface area contributed by atoms with E-state index in [1.807, 2.05) is 12.1 Å². The Balaban J connectivity index is 1.80. The van der Waals surface area contributed by atoms with Crippen molar-refractivity contribution in [2.24, 2.45) is 0 Å². The van der Waals surface area contributed by atoms with Gasteiger partial charge in [0.25, 0.3) is 5.91 Å². The molecule has 2 amide bonds. The highest BCUT2D eigenvalue weighted by Gasteiger charge is 2.22. The fraction of sp³-hybridized carbons (Fsp3) is 0.188. The van der Waals surface area contributed by atoms with Gasteiger partial charge in [-0.3, -0.25) is 14.6 Å². The lowest BCUT2D eigenvalue weighted by Gasteiger charge is -2.15. The van der Waals surface area contributed by atoms with E-state index in [0.29, 0.717) is 17.3 Å². The maximum absolute atomic E-state index is 12.1.